The first-order chi connectivity index (χ1) is 8.68. The monoisotopic (exact) mass is 244 g/mol. The fourth-order valence-corrected chi connectivity index (χ4v) is 2.04. The summed E-state index contributed by atoms with van der Waals surface area (Å²) in [4.78, 5) is 22.9. The highest BCUT2D eigenvalue weighted by Gasteiger charge is 2.14. The fourth-order valence-electron chi connectivity index (χ4n) is 2.04. The average molecular weight is 244 g/mol. The van der Waals surface area contributed by atoms with Gasteiger partial charge < -0.3 is 11.1 Å². The third-order valence-electron chi connectivity index (χ3n) is 3.05. The van der Waals surface area contributed by atoms with Crippen LogP contribution in [0.5, 0.6) is 0 Å². The van der Waals surface area contributed by atoms with Gasteiger partial charge in [0, 0.05) is 18.2 Å². The van der Waals surface area contributed by atoms with E-state index in [0.717, 1.165) is 24.8 Å². The molecule has 3 N–H and O–H groups in total. The maximum Gasteiger partial charge on any atom is 0.250 e. The number of rotatable bonds is 3. The first-order valence-electron chi connectivity index (χ1n) is 6.06. The van der Waals surface area contributed by atoms with Crippen LogP contribution in [-0.2, 0) is 4.79 Å². The van der Waals surface area contributed by atoms with Crippen LogP contribution in [0.1, 0.15) is 36.0 Å². The number of allylic oxidation sites excluding steroid dienone is 1. The molecule has 0 aromatic heterocycles. The summed E-state index contributed by atoms with van der Waals surface area (Å²) in [5.41, 5.74) is 7.14. The van der Waals surface area contributed by atoms with Crippen LogP contribution < -0.4 is 11.1 Å². The standard InChI is InChI=1S/C14H16N2O2/c15-14(18)11-6-2-3-7-12(11)16-9-10-5-1-4-8-13(10)17/h2-3,6-7,9,16H,1,4-5,8H2,(H2,15,18)/b10-9-. The number of carbonyl (C=O) groups excluding carboxylic acids is 2. The van der Waals surface area contributed by atoms with Crippen LogP contribution in [0.25, 0.3) is 0 Å². The van der Waals surface area contributed by atoms with Gasteiger partial charge in [-0.25, -0.2) is 0 Å². The maximum absolute atomic E-state index is 11.6. The lowest BCUT2D eigenvalue weighted by molar-refractivity contribution is -0.116. The molecule has 1 aromatic carbocycles. The van der Waals surface area contributed by atoms with Crippen molar-refractivity contribution in [1.29, 1.82) is 0 Å². The van der Waals surface area contributed by atoms with Crippen molar-refractivity contribution in [2.75, 3.05) is 5.32 Å². The first kappa shape index (κ1) is 12.4. The van der Waals surface area contributed by atoms with Crippen LogP contribution in [0, 0.1) is 0 Å². The van der Waals surface area contributed by atoms with E-state index in [4.69, 9.17) is 5.73 Å². The summed E-state index contributed by atoms with van der Waals surface area (Å²) in [6.07, 6.45) is 5.11. The molecule has 0 heterocycles. The molecule has 1 fully saturated rings. The van der Waals surface area contributed by atoms with E-state index in [0.29, 0.717) is 17.7 Å². The highest BCUT2D eigenvalue weighted by Crippen LogP contribution is 2.21. The Hall–Kier alpha value is -2.10. The van der Waals surface area contributed by atoms with Gasteiger partial charge in [-0.15, -0.1) is 0 Å². The van der Waals surface area contributed by atoms with E-state index in [1.54, 1.807) is 24.4 Å². The minimum atomic E-state index is -0.480. The van der Waals surface area contributed by atoms with E-state index in [1.807, 2.05) is 6.07 Å². The number of primary amides is 1. The van der Waals surface area contributed by atoms with Crippen LogP contribution in [0.2, 0.25) is 0 Å². The summed E-state index contributed by atoms with van der Waals surface area (Å²) in [5, 5.41) is 3.01. The number of benzene rings is 1. The number of anilines is 1. The van der Waals surface area contributed by atoms with Crippen LogP contribution >= 0.6 is 0 Å². The largest absolute Gasteiger partial charge is 0.366 e. The van der Waals surface area contributed by atoms with Gasteiger partial charge in [-0.2, -0.15) is 0 Å². The van der Waals surface area contributed by atoms with Crippen molar-refractivity contribution < 1.29 is 9.59 Å². The zero-order chi connectivity index (χ0) is 13.0. The molecule has 1 aromatic rings. The molecule has 1 aliphatic carbocycles. The van der Waals surface area contributed by atoms with Crippen LogP contribution in [0.4, 0.5) is 5.69 Å². The molecule has 18 heavy (non-hydrogen) atoms. The molecule has 0 spiro atoms. The van der Waals surface area contributed by atoms with E-state index in [2.05, 4.69) is 5.32 Å². The third-order valence-corrected chi connectivity index (χ3v) is 3.05. The zero-order valence-corrected chi connectivity index (χ0v) is 10.1. The van der Waals surface area contributed by atoms with Crippen molar-refractivity contribution in [1.82, 2.24) is 0 Å². The van der Waals surface area contributed by atoms with E-state index in [9.17, 15) is 9.59 Å². The summed E-state index contributed by atoms with van der Waals surface area (Å²) >= 11 is 0. The molecule has 0 aliphatic heterocycles. The van der Waals surface area contributed by atoms with Crippen molar-refractivity contribution in [2.24, 2.45) is 5.73 Å². The van der Waals surface area contributed by atoms with E-state index in [1.165, 1.54) is 0 Å². The Balaban J connectivity index is 2.17. The first-order valence-corrected chi connectivity index (χ1v) is 6.06. The van der Waals surface area contributed by atoms with Gasteiger partial charge in [-0.1, -0.05) is 12.1 Å². The number of hydrogen-bond acceptors (Lipinski definition) is 3. The molecule has 0 saturated heterocycles. The molecule has 94 valence electrons. The Kier molecular flexibility index (Phi) is 3.77. The van der Waals surface area contributed by atoms with E-state index < -0.39 is 5.91 Å². The molecule has 0 atom stereocenters. The fraction of sp³-hybridized carbons (Fsp3) is 0.286. The predicted octanol–water partition coefficient (Wildman–Crippen LogP) is 2.22. The smallest absolute Gasteiger partial charge is 0.250 e. The Morgan fingerprint density at radius 1 is 1.22 bits per heavy atom. The SMILES string of the molecule is NC(=O)c1ccccc1N/C=C1/CCCCC1=O. The number of amides is 1. The Morgan fingerprint density at radius 2 is 1.94 bits per heavy atom. The molecule has 0 unspecified atom stereocenters. The maximum atomic E-state index is 11.6. The van der Waals surface area contributed by atoms with Gasteiger partial charge in [0.05, 0.1) is 11.3 Å². The van der Waals surface area contributed by atoms with Gasteiger partial charge in [0.1, 0.15) is 0 Å². The van der Waals surface area contributed by atoms with Crippen LogP contribution in [0.3, 0.4) is 0 Å². The Bertz CT molecular complexity index is 506. The molecule has 1 amide bonds. The minimum Gasteiger partial charge on any atom is -0.366 e. The van der Waals surface area contributed by atoms with Gasteiger partial charge in [-0.05, 0) is 31.4 Å². The molecule has 4 heteroatoms. The molecule has 2 rings (SSSR count). The lowest BCUT2D eigenvalue weighted by Crippen LogP contribution is -2.14. The van der Waals surface area contributed by atoms with Gasteiger partial charge in [0.15, 0.2) is 5.78 Å². The second kappa shape index (κ2) is 5.49. The molecular weight excluding hydrogens is 228 g/mol. The Morgan fingerprint density at radius 3 is 2.67 bits per heavy atom. The third kappa shape index (κ3) is 2.77. The molecule has 0 bridgehead atoms. The Labute approximate surface area is 106 Å². The van der Waals surface area contributed by atoms with Crippen molar-refractivity contribution >= 4 is 17.4 Å². The number of nitrogens with two attached hydrogens (primary N) is 1. The van der Waals surface area contributed by atoms with Crippen molar-refractivity contribution in [2.45, 2.75) is 25.7 Å². The number of ketones is 1. The number of carbonyl (C=O) groups is 2. The predicted molar refractivity (Wildman–Crippen MR) is 70.1 cm³/mol. The highest BCUT2D eigenvalue weighted by atomic mass is 16.1. The van der Waals surface area contributed by atoms with Crippen molar-refractivity contribution in [3.05, 3.63) is 41.6 Å². The minimum absolute atomic E-state index is 0.185. The normalized spacial score (nSPS) is 17.8. The summed E-state index contributed by atoms with van der Waals surface area (Å²) < 4.78 is 0. The second-order valence-electron chi connectivity index (χ2n) is 4.35. The van der Waals surface area contributed by atoms with Crippen molar-refractivity contribution in [3.63, 3.8) is 0 Å². The number of hydrogen-bond donors (Lipinski definition) is 2. The van der Waals surface area contributed by atoms with Gasteiger partial charge in [0.25, 0.3) is 5.91 Å². The summed E-state index contributed by atoms with van der Waals surface area (Å²) in [6, 6.07) is 7.00. The number of para-hydroxylation sites is 1. The lowest BCUT2D eigenvalue weighted by Gasteiger charge is -2.13. The topological polar surface area (TPSA) is 72.2 Å². The molecule has 4 nitrogen and oxygen atoms in total. The summed E-state index contributed by atoms with van der Waals surface area (Å²) in [5.74, 6) is -0.295. The summed E-state index contributed by atoms with van der Waals surface area (Å²) in [7, 11) is 0. The quantitative estimate of drug-likeness (QED) is 0.801. The van der Waals surface area contributed by atoms with Gasteiger partial charge in [0.2, 0.25) is 0 Å². The van der Waals surface area contributed by atoms with Crippen LogP contribution in [-0.4, -0.2) is 11.7 Å². The molecule has 0 radical (unpaired) electrons. The van der Waals surface area contributed by atoms with Gasteiger partial charge >= 0.3 is 0 Å². The van der Waals surface area contributed by atoms with Crippen molar-refractivity contribution in [3.8, 4) is 0 Å². The van der Waals surface area contributed by atoms with E-state index >= 15 is 0 Å². The van der Waals surface area contributed by atoms with E-state index in [-0.39, 0.29) is 5.78 Å². The summed E-state index contributed by atoms with van der Waals surface area (Å²) in [6.45, 7) is 0. The van der Waals surface area contributed by atoms with Gasteiger partial charge in [-0.3, -0.25) is 9.59 Å². The second-order valence-corrected chi connectivity index (χ2v) is 4.35. The van der Waals surface area contributed by atoms with Crippen LogP contribution in [0.15, 0.2) is 36.0 Å². The average Bonchev–Trinajstić information content (AvgIpc) is 2.38. The zero-order valence-electron chi connectivity index (χ0n) is 10.1. The molecular formula is C14H16N2O2. The number of nitrogens with one attached hydrogen (secondary N) is 1. The molecule has 1 aliphatic rings. The lowest BCUT2D eigenvalue weighted by atomic mass is 9.94. The highest BCUT2D eigenvalue weighted by molar-refractivity contribution is 5.99. The molecule has 1 saturated carbocycles. The number of Topliss-reactive ketones (excluding diaryl/α,β-unsaturated/α-hetero) is 1.